The Balaban J connectivity index is 1.77. The van der Waals surface area contributed by atoms with Crippen LogP contribution in [0, 0.1) is 0 Å². The molecule has 1 aliphatic rings. The molecule has 1 fully saturated rings. The van der Waals surface area contributed by atoms with Gasteiger partial charge in [-0.3, -0.25) is 9.59 Å². The summed E-state index contributed by atoms with van der Waals surface area (Å²) in [4.78, 5) is 31.4. The maximum atomic E-state index is 12.9. The second-order valence-corrected chi connectivity index (χ2v) is 6.37. The number of likely N-dealkylation sites (tertiary alicyclic amines) is 1. The average molecular weight is 341 g/mol. The van der Waals surface area contributed by atoms with Gasteiger partial charge in [-0.25, -0.2) is 4.98 Å². The smallest absolute Gasteiger partial charge is 0.257 e. The quantitative estimate of drug-likeness (QED) is 0.868. The second-order valence-electron chi connectivity index (χ2n) is 5.57. The molecule has 5 nitrogen and oxygen atoms in total. The Bertz CT molecular complexity index is 736. The van der Waals surface area contributed by atoms with Crippen LogP contribution in [0.25, 0.3) is 0 Å². The van der Waals surface area contributed by atoms with Gasteiger partial charge in [0.05, 0.1) is 5.56 Å². The summed E-state index contributed by atoms with van der Waals surface area (Å²) < 4.78 is 0. The van der Waals surface area contributed by atoms with E-state index in [-0.39, 0.29) is 11.8 Å². The Morgan fingerprint density at radius 3 is 2.75 bits per heavy atom. The number of aromatic nitrogens is 1. The number of benzene rings is 1. The summed E-state index contributed by atoms with van der Waals surface area (Å²) in [5, 5.41) is 3.59. The van der Waals surface area contributed by atoms with Gasteiger partial charge in [0, 0.05) is 18.4 Å². The number of pyridine rings is 1. The van der Waals surface area contributed by atoms with Crippen LogP contribution >= 0.6 is 11.8 Å². The van der Waals surface area contributed by atoms with E-state index in [1.807, 2.05) is 36.6 Å². The highest BCUT2D eigenvalue weighted by atomic mass is 32.2. The number of amides is 2. The van der Waals surface area contributed by atoms with E-state index in [1.54, 1.807) is 23.2 Å². The maximum absolute atomic E-state index is 12.9. The predicted molar refractivity (Wildman–Crippen MR) is 95.1 cm³/mol. The number of anilines is 1. The van der Waals surface area contributed by atoms with Crippen molar-refractivity contribution in [3.63, 3.8) is 0 Å². The lowest BCUT2D eigenvalue weighted by Crippen LogP contribution is -2.43. The van der Waals surface area contributed by atoms with Crippen LogP contribution < -0.4 is 5.32 Å². The first-order valence-corrected chi connectivity index (χ1v) is 9.09. The van der Waals surface area contributed by atoms with Gasteiger partial charge in [0.2, 0.25) is 5.91 Å². The van der Waals surface area contributed by atoms with Crippen molar-refractivity contribution in [2.45, 2.75) is 23.9 Å². The Labute approximate surface area is 145 Å². The van der Waals surface area contributed by atoms with E-state index in [0.29, 0.717) is 23.6 Å². The van der Waals surface area contributed by atoms with Gasteiger partial charge in [-0.1, -0.05) is 18.2 Å². The summed E-state index contributed by atoms with van der Waals surface area (Å²) in [5.41, 5.74) is 1.30. The molecule has 0 radical (unpaired) electrons. The molecule has 3 rings (SSSR count). The molecule has 124 valence electrons. The van der Waals surface area contributed by atoms with Crippen LogP contribution in [0.5, 0.6) is 0 Å². The largest absolute Gasteiger partial charge is 0.327 e. The SMILES string of the molecule is CSc1ncccc1C(=O)N1CCC[C@@H]1C(=O)Nc1ccccc1. The minimum Gasteiger partial charge on any atom is -0.327 e. The second kappa shape index (κ2) is 7.49. The van der Waals surface area contributed by atoms with Gasteiger partial charge in [0.1, 0.15) is 11.1 Å². The number of para-hydroxylation sites is 1. The lowest BCUT2D eigenvalue weighted by atomic mass is 10.1. The van der Waals surface area contributed by atoms with Crippen LogP contribution in [0.4, 0.5) is 5.69 Å². The van der Waals surface area contributed by atoms with Crippen molar-refractivity contribution in [3.8, 4) is 0 Å². The molecule has 1 aliphatic heterocycles. The van der Waals surface area contributed by atoms with Crippen molar-refractivity contribution < 1.29 is 9.59 Å². The fraction of sp³-hybridized carbons (Fsp3) is 0.278. The zero-order chi connectivity index (χ0) is 16.9. The molecule has 0 saturated carbocycles. The Hall–Kier alpha value is -2.34. The number of nitrogens with one attached hydrogen (secondary N) is 1. The van der Waals surface area contributed by atoms with Crippen molar-refractivity contribution in [3.05, 3.63) is 54.2 Å². The molecule has 1 N–H and O–H groups in total. The molecule has 0 aliphatic carbocycles. The van der Waals surface area contributed by atoms with Crippen LogP contribution in [0.1, 0.15) is 23.2 Å². The van der Waals surface area contributed by atoms with Crippen LogP contribution in [-0.2, 0) is 4.79 Å². The molecular weight excluding hydrogens is 322 g/mol. The van der Waals surface area contributed by atoms with Crippen LogP contribution in [0.3, 0.4) is 0 Å². The topological polar surface area (TPSA) is 62.3 Å². The molecule has 1 aromatic carbocycles. The summed E-state index contributed by atoms with van der Waals surface area (Å²) >= 11 is 1.44. The van der Waals surface area contributed by atoms with Crippen LogP contribution in [0.15, 0.2) is 53.7 Å². The molecule has 6 heteroatoms. The Morgan fingerprint density at radius 1 is 1.21 bits per heavy atom. The highest BCUT2D eigenvalue weighted by molar-refractivity contribution is 7.98. The minimum absolute atomic E-state index is 0.127. The average Bonchev–Trinajstić information content (AvgIpc) is 3.12. The normalized spacial score (nSPS) is 16.9. The van der Waals surface area contributed by atoms with Crippen molar-refractivity contribution in [2.24, 2.45) is 0 Å². The highest BCUT2D eigenvalue weighted by Crippen LogP contribution is 2.25. The van der Waals surface area contributed by atoms with Crippen molar-refractivity contribution in [2.75, 3.05) is 18.1 Å². The number of carbonyl (C=O) groups is 2. The zero-order valence-corrected chi connectivity index (χ0v) is 14.3. The third-order valence-corrected chi connectivity index (χ3v) is 4.76. The van der Waals surface area contributed by atoms with Gasteiger partial charge in [0.25, 0.3) is 5.91 Å². The molecule has 1 saturated heterocycles. The molecule has 2 heterocycles. The van der Waals surface area contributed by atoms with E-state index in [0.717, 1.165) is 12.1 Å². The van der Waals surface area contributed by atoms with Gasteiger partial charge < -0.3 is 10.2 Å². The first kappa shape index (κ1) is 16.5. The Morgan fingerprint density at radius 2 is 2.00 bits per heavy atom. The molecule has 0 bridgehead atoms. The minimum atomic E-state index is -0.437. The van der Waals surface area contributed by atoms with E-state index in [2.05, 4.69) is 10.3 Å². The summed E-state index contributed by atoms with van der Waals surface area (Å²) in [6.07, 6.45) is 5.07. The lowest BCUT2D eigenvalue weighted by Gasteiger charge is -2.24. The van der Waals surface area contributed by atoms with Gasteiger partial charge >= 0.3 is 0 Å². The molecule has 24 heavy (non-hydrogen) atoms. The van der Waals surface area contributed by atoms with E-state index in [4.69, 9.17) is 0 Å². The van der Waals surface area contributed by atoms with E-state index in [9.17, 15) is 9.59 Å². The monoisotopic (exact) mass is 341 g/mol. The van der Waals surface area contributed by atoms with Crippen molar-refractivity contribution >= 4 is 29.3 Å². The third-order valence-electron chi connectivity index (χ3n) is 4.05. The van der Waals surface area contributed by atoms with Crippen LogP contribution in [0.2, 0.25) is 0 Å². The summed E-state index contributed by atoms with van der Waals surface area (Å²) in [6, 6.07) is 12.4. The zero-order valence-electron chi connectivity index (χ0n) is 13.4. The predicted octanol–water partition coefficient (Wildman–Crippen LogP) is 3.05. The summed E-state index contributed by atoms with van der Waals surface area (Å²) in [6.45, 7) is 0.592. The van der Waals surface area contributed by atoms with Gasteiger partial charge in [-0.05, 0) is 43.4 Å². The number of carbonyl (C=O) groups excluding carboxylic acids is 2. The summed E-state index contributed by atoms with van der Waals surface area (Å²) in [7, 11) is 0. The van der Waals surface area contributed by atoms with E-state index >= 15 is 0 Å². The van der Waals surface area contributed by atoms with Crippen molar-refractivity contribution in [1.29, 1.82) is 0 Å². The molecule has 0 spiro atoms. The maximum Gasteiger partial charge on any atom is 0.257 e. The van der Waals surface area contributed by atoms with Gasteiger partial charge in [-0.2, -0.15) is 0 Å². The Kier molecular flexibility index (Phi) is 5.15. The van der Waals surface area contributed by atoms with E-state index < -0.39 is 6.04 Å². The number of hydrogen-bond donors (Lipinski definition) is 1. The molecular formula is C18H19N3O2S. The number of nitrogens with zero attached hydrogens (tertiary/aromatic N) is 2. The fourth-order valence-corrected chi connectivity index (χ4v) is 3.44. The number of hydrogen-bond acceptors (Lipinski definition) is 4. The van der Waals surface area contributed by atoms with Crippen LogP contribution in [-0.4, -0.2) is 40.5 Å². The first-order valence-electron chi connectivity index (χ1n) is 7.86. The first-order chi connectivity index (χ1) is 11.7. The molecule has 2 amide bonds. The molecule has 1 atom stereocenters. The molecule has 2 aromatic rings. The van der Waals surface area contributed by atoms with Gasteiger partial charge in [0.15, 0.2) is 0 Å². The third kappa shape index (κ3) is 3.43. The van der Waals surface area contributed by atoms with E-state index in [1.165, 1.54) is 11.8 Å². The number of thioether (sulfide) groups is 1. The number of rotatable bonds is 4. The standard InChI is InChI=1S/C18H19N3O2S/c1-24-17-14(9-5-11-19-17)18(23)21-12-6-10-15(21)16(22)20-13-7-3-2-4-8-13/h2-5,7-9,11,15H,6,10,12H2,1H3,(H,20,22)/t15-/m1/s1. The lowest BCUT2D eigenvalue weighted by molar-refractivity contribution is -0.119. The molecule has 1 aromatic heterocycles. The molecule has 0 unspecified atom stereocenters. The van der Waals surface area contributed by atoms with Crippen molar-refractivity contribution in [1.82, 2.24) is 9.88 Å². The highest BCUT2D eigenvalue weighted by Gasteiger charge is 2.35. The fourth-order valence-electron chi connectivity index (χ4n) is 2.90. The van der Waals surface area contributed by atoms with Gasteiger partial charge in [-0.15, -0.1) is 11.8 Å². The summed E-state index contributed by atoms with van der Waals surface area (Å²) in [5.74, 6) is -0.264.